The van der Waals surface area contributed by atoms with Gasteiger partial charge in [0.2, 0.25) is 5.91 Å². The van der Waals surface area contributed by atoms with E-state index in [9.17, 15) is 4.79 Å². The number of hydrogen-bond donors (Lipinski definition) is 3. The van der Waals surface area contributed by atoms with E-state index in [1.807, 2.05) is 36.7 Å². The van der Waals surface area contributed by atoms with Gasteiger partial charge in [-0.3, -0.25) is 4.79 Å². The molecule has 3 rings (SSSR count). The van der Waals surface area contributed by atoms with Crippen molar-refractivity contribution in [3.63, 3.8) is 0 Å². The molecule has 0 aliphatic heterocycles. The van der Waals surface area contributed by atoms with Crippen LogP contribution in [0.1, 0.15) is 11.3 Å². The summed E-state index contributed by atoms with van der Waals surface area (Å²) in [7, 11) is 0. The molecule has 3 aromatic rings. The highest BCUT2D eigenvalue weighted by Crippen LogP contribution is 2.17. The van der Waals surface area contributed by atoms with Gasteiger partial charge in [0.25, 0.3) is 0 Å². The summed E-state index contributed by atoms with van der Waals surface area (Å²) < 4.78 is 0. The van der Waals surface area contributed by atoms with Gasteiger partial charge < -0.3 is 15.3 Å². The first-order valence-corrected chi connectivity index (χ1v) is 6.77. The molecule has 0 atom stereocenters. The summed E-state index contributed by atoms with van der Waals surface area (Å²) >= 11 is 0. The van der Waals surface area contributed by atoms with Crippen molar-refractivity contribution in [2.75, 3.05) is 6.54 Å². The fourth-order valence-corrected chi connectivity index (χ4v) is 2.39. The van der Waals surface area contributed by atoms with Crippen LogP contribution in [0.25, 0.3) is 10.9 Å². The molecule has 0 spiro atoms. The number of aromatic nitrogens is 2. The lowest BCUT2D eigenvalue weighted by Crippen LogP contribution is -2.27. The maximum atomic E-state index is 11.8. The predicted molar refractivity (Wildman–Crippen MR) is 79.5 cm³/mol. The van der Waals surface area contributed by atoms with Crippen molar-refractivity contribution in [3.05, 3.63) is 60.0 Å². The van der Waals surface area contributed by atoms with E-state index in [2.05, 4.69) is 27.4 Å². The summed E-state index contributed by atoms with van der Waals surface area (Å²) in [6, 6.07) is 12.0. The molecule has 0 saturated carbocycles. The second kappa shape index (κ2) is 5.65. The van der Waals surface area contributed by atoms with Crippen LogP contribution in [-0.2, 0) is 17.6 Å². The predicted octanol–water partition coefficient (Wildman–Crippen LogP) is 2.40. The van der Waals surface area contributed by atoms with Crippen molar-refractivity contribution in [2.24, 2.45) is 0 Å². The first-order chi connectivity index (χ1) is 9.83. The average molecular weight is 267 g/mol. The number of fused-ring (bicyclic) bond motifs is 1. The zero-order valence-electron chi connectivity index (χ0n) is 11.1. The van der Waals surface area contributed by atoms with Crippen molar-refractivity contribution in [1.82, 2.24) is 15.3 Å². The summed E-state index contributed by atoms with van der Waals surface area (Å²) in [6.45, 7) is 0.654. The fourth-order valence-electron chi connectivity index (χ4n) is 2.39. The molecule has 0 aliphatic carbocycles. The Labute approximate surface area is 117 Å². The third-order valence-electron chi connectivity index (χ3n) is 3.40. The Hall–Kier alpha value is -2.49. The van der Waals surface area contributed by atoms with Gasteiger partial charge in [-0.2, -0.15) is 0 Å². The van der Waals surface area contributed by atoms with Gasteiger partial charge in [0.1, 0.15) is 0 Å². The molecule has 20 heavy (non-hydrogen) atoms. The third-order valence-corrected chi connectivity index (χ3v) is 3.40. The van der Waals surface area contributed by atoms with Crippen molar-refractivity contribution < 1.29 is 4.79 Å². The van der Waals surface area contributed by atoms with Crippen LogP contribution in [0.5, 0.6) is 0 Å². The van der Waals surface area contributed by atoms with E-state index in [4.69, 9.17) is 0 Å². The number of rotatable bonds is 5. The lowest BCUT2D eigenvalue weighted by molar-refractivity contribution is -0.120. The standard InChI is InChI=1S/C16H17N3O/c20-16(10-13-4-3-8-17-13)18-9-7-12-11-19-15-6-2-1-5-14(12)15/h1-6,8,11,17,19H,7,9-10H2,(H,18,20). The number of H-pyrrole nitrogens is 2. The van der Waals surface area contributed by atoms with Gasteiger partial charge in [-0.1, -0.05) is 18.2 Å². The summed E-state index contributed by atoms with van der Waals surface area (Å²) in [4.78, 5) is 18.0. The number of carbonyl (C=O) groups is 1. The third kappa shape index (κ3) is 2.74. The topological polar surface area (TPSA) is 60.7 Å². The molecule has 3 N–H and O–H groups in total. The van der Waals surface area contributed by atoms with E-state index < -0.39 is 0 Å². The highest BCUT2D eigenvalue weighted by atomic mass is 16.1. The van der Waals surface area contributed by atoms with Crippen LogP contribution in [0.2, 0.25) is 0 Å². The minimum atomic E-state index is 0.0484. The molecule has 0 unspecified atom stereocenters. The van der Waals surface area contributed by atoms with Crippen LogP contribution in [0.15, 0.2) is 48.8 Å². The van der Waals surface area contributed by atoms with E-state index in [0.717, 1.165) is 17.6 Å². The lowest BCUT2D eigenvalue weighted by Gasteiger charge is -2.04. The first kappa shape index (κ1) is 12.5. The number of hydrogen-bond acceptors (Lipinski definition) is 1. The highest BCUT2D eigenvalue weighted by Gasteiger charge is 2.05. The SMILES string of the molecule is O=C(Cc1ccc[nH]1)NCCc1c[nH]c2ccccc12. The van der Waals surface area contributed by atoms with Gasteiger partial charge in [-0.05, 0) is 30.2 Å². The van der Waals surface area contributed by atoms with E-state index in [0.29, 0.717) is 13.0 Å². The molecule has 0 fully saturated rings. The van der Waals surface area contributed by atoms with Crippen LogP contribution >= 0.6 is 0 Å². The minimum absolute atomic E-state index is 0.0484. The Balaban J connectivity index is 1.53. The lowest BCUT2D eigenvalue weighted by atomic mass is 10.1. The summed E-state index contributed by atoms with van der Waals surface area (Å²) in [5.41, 5.74) is 3.32. The molecule has 1 amide bonds. The van der Waals surface area contributed by atoms with Crippen LogP contribution < -0.4 is 5.32 Å². The van der Waals surface area contributed by atoms with Crippen molar-refractivity contribution >= 4 is 16.8 Å². The molecule has 4 nitrogen and oxygen atoms in total. The number of aromatic amines is 2. The molecular weight excluding hydrogens is 250 g/mol. The average Bonchev–Trinajstić information content (AvgIpc) is 3.09. The van der Waals surface area contributed by atoms with E-state index in [1.54, 1.807) is 0 Å². The van der Waals surface area contributed by atoms with Gasteiger partial charge in [-0.25, -0.2) is 0 Å². The van der Waals surface area contributed by atoms with Crippen molar-refractivity contribution in [2.45, 2.75) is 12.8 Å². The molecule has 0 aliphatic rings. The Morgan fingerprint density at radius 3 is 2.85 bits per heavy atom. The number of carbonyl (C=O) groups excluding carboxylic acids is 1. The van der Waals surface area contributed by atoms with E-state index in [1.165, 1.54) is 10.9 Å². The van der Waals surface area contributed by atoms with Gasteiger partial charge in [0.05, 0.1) is 6.42 Å². The minimum Gasteiger partial charge on any atom is -0.365 e. The van der Waals surface area contributed by atoms with Gasteiger partial charge in [0, 0.05) is 35.5 Å². The normalized spacial score (nSPS) is 10.8. The number of benzene rings is 1. The molecule has 102 valence electrons. The van der Waals surface area contributed by atoms with Gasteiger partial charge >= 0.3 is 0 Å². The monoisotopic (exact) mass is 267 g/mol. The summed E-state index contributed by atoms with van der Waals surface area (Å²) in [5, 5.41) is 4.18. The zero-order chi connectivity index (χ0) is 13.8. The largest absolute Gasteiger partial charge is 0.365 e. The second-order valence-corrected chi connectivity index (χ2v) is 4.83. The molecule has 0 bridgehead atoms. The molecular formula is C16H17N3O. The number of para-hydroxylation sites is 1. The number of amides is 1. The molecule has 0 radical (unpaired) electrons. The van der Waals surface area contributed by atoms with E-state index in [-0.39, 0.29) is 5.91 Å². The van der Waals surface area contributed by atoms with Crippen LogP contribution in [0, 0.1) is 0 Å². The summed E-state index contributed by atoms with van der Waals surface area (Å²) in [5.74, 6) is 0.0484. The smallest absolute Gasteiger partial charge is 0.225 e. The Morgan fingerprint density at radius 1 is 1.10 bits per heavy atom. The molecule has 4 heteroatoms. The van der Waals surface area contributed by atoms with Crippen LogP contribution in [-0.4, -0.2) is 22.4 Å². The van der Waals surface area contributed by atoms with Gasteiger partial charge in [0.15, 0.2) is 0 Å². The maximum absolute atomic E-state index is 11.8. The molecule has 0 saturated heterocycles. The quantitative estimate of drug-likeness (QED) is 0.653. The molecule has 1 aromatic carbocycles. The number of nitrogens with one attached hydrogen (secondary N) is 3. The van der Waals surface area contributed by atoms with E-state index >= 15 is 0 Å². The first-order valence-electron chi connectivity index (χ1n) is 6.77. The highest BCUT2D eigenvalue weighted by molar-refractivity contribution is 5.83. The fraction of sp³-hybridized carbons (Fsp3) is 0.188. The Morgan fingerprint density at radius 2 is 2.00 bits per heavy atom. The van der Waals surface area contributed by atoms with Crippen molar-refractivity contribution in [1.29, 1.82) is 0 Å². The van der Waals surface area contributed by atoms with Gasteiger partial charge in [-0.15, -0.1) is 0 Å². The van der Waals surface area contributed by atoms with Crippen molar-refractivity contribution in [3.8, 4) is 0 Å². The molecule has 2 heterocycles. The maximum Gasteiger partial charge on any atom is 0.225 e. The molecule has 2 aromatic heterocycles. The second-order valence-electron chi connectivity index (χ2n) is 4.83. The van der Waals surface area contributed by atoms with Crippen LogP contribution in [0.3, 0.4) is 0 Å². The Kier molecular flexibility index (Phi) is 3.54. The zero-order valence-corrected chi connectivity index (χ0v) is 11.1. The van der Waals surface area contributed by atoms with Crippen LogP contribution in [0.4, 0.5) is 0 Å². The Bertz CT molecular complexity index is 697. The summed E-state index contributed by atoms with van der Waals surface area (Å²) in [6.07, 6.45) is 5.08.